The van der Waals surface area contributed by atoms with Gasteiger partial charge in [-0.1, -0.05) is 0 Å². The molecule has 6 nitrogen and oxygen atoms in total. The number of sulfonamides is 1. The van der Waals surface area contributed by atoms with Crippen molar-refractivity contribution in [3.8, 4) is 0 Å². The van der Waals surface area contributed by atoms with E-state index in [9.17, 15) is 13.2 Å². The van der Waals surface area contributed by atoms with Gasteiger partial charge in [-0.2, -0.15) is 0 Å². The smallest absolute Gasteiger partial charge is 0.335 e. The highest BCUT2D eigenvalue weighted by Gasteiger charge is 2.30. The summed E-state index contributed by atoms with van der Waals surface area (Å²) in [5.41, 5.74) is 0.484. The summed E-state index contributed by atoms with van der Waals surface area (Å²) in [6.07, 6.45) is 0.387. The molecule has 2 N–H and O–H groups in total. The van der Waals surface area contributed by atoms with Crippen LogP contribution in [0.1, 0.15) is 29.3 Å². The predicted octanol–water partition coefficient (Wildman–Crippen LogP) is 1.91. The number of carboxylic acids is 1. The van der Waals surface area contributed by atoms with E-state index in [4.69, 9.17) is 9.84 Å². The Labute approximate surface area is 131 Å². The highest BCUT2D eigenvalue weighted by molar-refractivity contribution is 9.10. The molecule has 21 heavy (non-hydrogen) atoms. The SMILES string of the molecule is Cc1cc(C(=O)O)cc(S(=O)(=O)NC2CCOC2C)c1Br. The maximum atomic E-state index is 12.5. The number of nitrogens with one attached hydrogen (secondary N) is 1. The highest BCUT2D eigenvalue weighted by atomic mass is 79.9. The zero-order valence-electron chi connectivity index (χ0n) is 11.6. The van der Waals surface area contributed by atoms with Gasteiger partial charge in [0.2, 0.25) is 10.0 Å². The molecule has 1 aliphatic rings. The highest BCUT2D eigenvalue weighted by Crippen LogP contribution is 2.28. The van der Waals surface area contributed by atoms with Gasteiger partial charge in [0.1, 0.15) is 0 Å². The molecule has 0 spiro atoms. The first-order valence-electron chi connectivity index (χ1n) is 6.39. The maximum absolute atomic E-state index is 12.5. The van der Waals surface area contributed by atoms with E-state index >= 15 is 0 Å². The fraction of sp³-hybridized carbons (Fsp3) is 0.462. The second kappa shape index (κ2) is 6.04. The molecule has 0 aromatic heterocycles. The van der Waals surface area contributed by atoms with Gasteiger partial charge in [0.15, 0.2) is 0 Å². The molecule has 1 aromatic rings. The Morgan fingerprint density at radius 2 is 2.14 bits per heavy atom. The minimum atomic E-state index is -3.83. The van der Waals surface area contributed by atoms with Crippen LogP contribution in [0.15, 0.2) is 21.5 Å². The van der Waals surface area contributed by atoms with Crippen molar-refractivity contribution in [2.45, 2.75) is 37.3 Å². The van der Waals surface area contributed by atoms with Crippen molar-refractivity contribution >= 4 is 31.9 Å². The first kappa shape index (κ1) is 16.4. The largest absolute Gasteiger partial charge is 0.478 e. The summed E-state index contributed by atoms with van der Waals surface area (Å²) < 4.78 is 33.3. The summed E-state index contributed by atoms with van der Waals surface area (Å²) in [5, 5.41) is 9.07. The van der Waals surface area contributed by atoms with Crippen LogP contribution >= 0.6 is 15.9 Å². The lowest BCUT2D eigenvalue weighted by Crippen LogP contribution is -2.39. The molecule has 1 heterocycles. The van der Waals surface area contributed by atoms with Crippen LogP contribution in [0, 0.1) is 6.92 Å². The predicted molar refractivity (Wildman–Crippen MR) is 80.0 cm³/mol. The topological polar surface area (TPSA) is 92.7 Å². The van der Waals surface area contributed by atoms with E-state index in [0.29, 0.717) is 23.1 Å². The summed E-state index contributed by atoms with van der Waals surface area (Å²) >= 11 is 3.22. The van der Waals surface area contributed by atoms with Gasteiger partial charge in [-0.15, -0.1) is 0 Å². The Morgan fingerprint density at radius 1 is 1.48 bits per heavy atom. The van der Waals surface area contributed by atoms with Gasteiger partial charge in [0.05, 0.1) is 22.6 Å². The van der Waals surface area contributed by atoms with Gasteiger partial charge >= 0.3 is 5.97 Å². The average Bonchev–Trinajstić information content (AvgIpc) is 2.77. The molecular weight excluding hydrogens is 362 g/mol. The normalized spacial score (nSPS) is 22.4. The number of hydrogen-bond acceptors (Lipinski definition) is 4. The number of ether oxygens (including phenoxy) is 1. The van der Waals surface area contributed by atoms with Crippen molar-refractivity contribution < 1.29 is 23.1 Å². The summed E-state index contributed by atoms with van der Waals surface area (Å²) in [4.78, 5) is 11.0. The lowest BCUT2D eigenvalue weighted by molar-refractivity contribution is 0.0696. The Bertz CT molecular complexity index is 673. The summed E-state index contributed by atoms with van der Waals surface area (Å²) in [5.74, 6) is -1.17. The van der Waals surface area contributed by atoms with E-state index in [0.717, 1.165) is 6.07 Å². The van der Waals surface area contributed by atoms with Gasteiger partial charge in [0.25, 0.3) is 0 Å². The Morgan fingerprint density at radius 3 is 2.67 bits per heavy atom. The maximum Gasteiger partial charge on any atom is 0.335 e. The quantitative estimate of drug-likeness (QED) is 0.835. The van der Waals surface area contributed by atoms with Gasteiger partial charge in [-0.05, 0) is 53.9 Å². The fourth-order valence-electron chi connectivity index (χ4n) is 2.21. The van der Waals surface area contributed by atoms with Crippen molar-refractivity contribution in [3.05, 3.63) is 27.7 Å². The second-order valence-corrected chi connectivity index (χ2v) is 7.48. The number of rotatable bonds is 4. The van der Waals surface area contributed by atoms with E-state index in [1.54, 1.807) is 13.8 Å². The third-order valence-electron chi connectivity index (χ3n) is 3.44. The number of hydrogen-bond donors (Lipinski definition) is 2. The van der Waals surface area contributed by atoms with E-state index < -0.39 is 16.0 Å². The van der Waals surface area contributed by atoms with Crippen LogP contribution in [-0.4, -0.2) is 38.2 Å². The van der Waals surface area contributed by atoms with E-state index in [-0.39, 0.29) is 22.6 Å². The molecule has 0 saturated carbocycles. The van der Waals surface area contributed by atoms with E-state index in [2.05, 4.69) is 20.7 Å². The summed E-state index contributed by atoms with van der Waals surface area (Å²) in [6, 6.07) is 2.27. The third kappa shape index (κ3) is 3.45. The first-order chi connectivity index (χ1) is 9.72. The van der Waals surface area contributed by atoms with Gasteiger partial charge in [0, 0.05) is 11.1 Å². The summed E-state index contributed by atoms with van der Waals surface area (Å²) in [6.45, 7) is 3.95. The Hall–Kier alpha value is -0.960. The molecular formula is C13H16BrNO5S. The molecule has 8 heteroatoms. The first-order valence-corrected chi connectivity index (χ1v) is 8.67. The van der Waals surface area contributed by atoms with Gasteiger partial charge < -0.3 is 9.84 Å². The van der Waals surface area contributed by atoms with E-state index in [1.807, 2.05) is 0 Å². The molecule has 0 aliphatic carbocycles. The molecule has 2 unspecified atom stereocenters. The standard InChI is InChI=1S/C13H16BrNO5S/c1-7-5-9(13(16)17)6-11(12(7)14)21(18,19)15-10-3-4-20-8(10)2/h5-6,8,10,15H,3-4H2,1-2H3,(H,16,17). The lowest BCUT2D eigenvalue weighted by atomic mass is 10.1. The second-order valence-electron chi connectivity index (χ2n) is 5.00. The minimum absolute atomic E-state index is 0.0632. The molecule has 2 atom stereocenters. The van der Waals surface area contributed by atoms with E-state index in [1.165, 1.54) is 6.07 Å². The Kier molecular flexibility index (Phi) is 4.72. The zero-order chi connectivity index (χ0) is 15.8. The van der Waals surface area contributed by atoms with Crippen LogP contribution in [0.3, 0.4) is 0 Å². The molecule has 1 aliphatic heterocycles. The van der Waals surface area contributed by atoms with Crippen LogP contribution in [0.25, 0.3) is 0 Å². The van der Waals surface area contributed by atoms with Gasteiger partial charge in [-0.3, -0.25) is 0 Å². The lowest BCUT2D eigenvalue weighted by Gasteiger charge is -2.17. The van der Waals surface area contributed by atoms with Crippen molar-refractivity contribution in [2.75, 3.05) is 6.61 Å². The van der Waals surface area contributed by atoms with Crippen molar-refractivity contribution in [3.63, 3.8) is 0 Å². The minimum Gasteiger partial charge on any atom is -0.478 e. The van der Waals surface area contributed by atoms with Crippen LogP contribution in [0.2, 0.25) is 0 Å². The zero-order valence-corrected chi connectivity index (χ0v) is 14.0. The number of carbonyl (C=O) groups is 1. The number of carboxylic acid groups (broad SMARTS) is 1. The molecule has 0 amide bonds. The number of halogens is 1. The Balaban J connectivity index is 2.41. The monoisotopic (exact) mass is 377 g/mol. The molecule has 1 saturated heterocycles. The van der Waals surface area contributed by atoms with Crippen LogP contribution < -0.4 is 4.72 Å². The molecule has 116 valence electrons. The third-order valence-corrected chi connectivity index (χ3v) is 6.27. The van der Waals surface area contributed by atoms with Gasteiger partial charge in [-0.25, -0.2) is 17.9 Å². The number of benzene rings is 1. The van der Waals surface area contributed by atoms with Crippen LogP contribution in [-0.2, 0) is 14.8 Å². The molecule has 1 fully saturated rings. The van der Waals surface area contributed by atoms with Crippen molar-refractivity contribution in [1.82, 2.24) is 4.72 Å². The number of aryl methyl sites for hydroxylation is 1. The molecule has 0 bridgehead atoms. The van der Waals surface area contributed by atoms with Crippen LogP contribution in [0.5, 0.6) is 0 Å². The molecule has 2 rings (SSSR count). The summed E-state index contributed by atoms with van der Waals surface area (Å²) in [7, 11) is -3.83. The average molecular weight is 378 g/mol. The fourth-order valence-corrected chi connectivity index (χ4v) is 4.59. The molecule has 1 aromatic carbocycles. The van der Waals surface area contributed by atoms with Crippen molar-refractivity contribution in [1.29, 1.82) is 0 Å². The van der Waals surface area contributed by atoms with Crippen molar-refractivity contribution in [2.24, 2.45) is 0 Å². The van der Waals surface area contributed by atoms with Crippen LogP contribution in [0.4, 0.5) is 0 Å². The molecule has 0 radical (unpaired) electrons. The number of aromatic carboxylic acids is 1.